The molecular formula is C10H11FN2O2. The van der Waals surface area contributed by atoms with Gasteiger partial charge >= 0.3 is 0 Å². The molecule has 0 bridgehead atoms. The molecule has 0 amide bonds. The number of hydrogen-bond donors (Lipinski definition) is 2. The molecule has 80 valence electrons. The lowest BCUT2D eigenvalue weighted by Gasteiger charge is -2.08. The Hall–Kier alpha value is -1.78. The van der Waals surface area contributed by atoms with E-state index in [2.05, 4.69) is 5.16 Å². The normalized spacial score (nSPS) is 19.8. The summed E-state index contributed by atoms with van der Waals surface area (Å²) in [5, 5.41) is 11.3. The first kappa shape index (κ1) is 9.76. The molecule has 1 unspecified atom stereocenters. The van der Waals surface area contributed by atoms with Crippen LogP contribution in [0.2, 0.25) is 0 Å². The van der Waals surface area contributed by atoms with Gasteiger partial charge in [-0.3, -0.25) is 0 Å². The third kappa shape index (κ3) is 2.01. The van der Waals surface area contributed by atoms with E-state index in [9.17, 15) is 4.39 Å². The number of nitrogens with zero attached hydrogens (tertiary/aromatic N) is 1. The average Bonchev–Trinajstić information content (AvgIpc) is 2.59. The van der Waals surface area contributed by atoms with E-state index in [1.807, 2.05) is 0 Å². The summed E-state index contributed by atoms with van der Waals surface area (Å²) < 4.78 is 18.4. The number of ether oxygens (including phenoxy) is 1. The summed E-state index contributed by atoms with van der Waals surface area (Å²) >= 11 is 0. The molecule has 5 heteroatoms. The summed E-state index contributed by atoms with van der Waals surface area (Å²) in [6, 6.07) is 4.39. The van der Waals surface area contributed by atoms with Gasteiger partial charge in [0.15, 0.2) is 0 Å². The number of nitrogens with two attached hydrogens (primary N) is 1. The van der Waals surface area contributed by atoms with E-state index in [1.165, 1.54) is 12.1 Å². The maximum atomic E-state index is 12.9. The third-order valence-corrected chi connectivity index (χ3v) is 2.33. The fourth-order valence-electron chi connectivity index (χ4n) is 1.68. The Morgan fingerprint density at radius 2 is 2.47 bits per heavy atom. The number of rotatable bonds is 2. The van der Waals surface area contributed by atoms with Gasteiger partial charge in [-0.15, -0.1) is 0 Å². The van der Waals surface area contributed by atoms with Crippen molar-refractivity contribution in [1.29, 1.82) is 0 Å². The molecule has 1 atom stereocenters. The second kappa shape index (κ2) is 3.76. The molecule has 0 saturated heterocycles. The fourth-order valence-corrected chi connectivity index (χ4v) is 1.68. The van der Waals surface area contributed by atoms with Crippen LogP contribution in [0, 0.1) is 5.82 Å². The smallest absolute Gasteiger partial charge is 0.142 e. The van der Waals surface area contributed by atoms with E-state index in [4.69, 9.17) is 15.7 Å². The van der Waals surface area contributed by atoms with Crippen molar-refractivity contribution in [1.82, 2.24) is 0 Å². The van der Waals surface area contributed by atoms with Gasteiger partial charge in [-0.1, -0.05) is 5.16 Å². The van der Waals surface area contributed by atoms with Crippen LogP contribution in [0.25, 0.3) is 0 Å². The third-order valence-electron chi connectivity index (χ3n) is 2.33. The van der Waals surface area contributed by atoms with Crippen LogP contribution >= 0.6 is 0 Å². The van der Waals surface area contributed by atoms with E-state index in [0.717, 1.165) is 5.56 Å². The Kier molecular flexibility index (Phi) is 2.45. The number of hydrogen-bond acceptors (Lipinski definition) is 3. The molecule has 0 fully saturated rings. The first-order chi connectivity index (χ1) is 7.19. The Labute approximate surface area is 86.1 Å². The highest BCUT2D eigenvalue weighted by Gasteiger charge is 2.24. The zero-order valence-corrected chi connectivity index (χ0v) is 7.98. The Morgan fingerprint density at radius 1 is 1.67 bits per heavy atom. The topological polar surface area (TPSA) is 67.8 Å². The SMILES string of the molecule is NC(CC1Cc2cc(F)ccc2O1)=NO. The molecule has 0 radical (unpaired) electrons. The van der Waals surface area contributed by atoms with Crippen LogP contribution in [-0.2, 0) is 6.42 Å². The molecule has 1 aromatic carbocycles. The fraction of sp³-hybridized carbons (Fsp3) is 0.300. The molecule has 15 heavy (non-hydrogen) atoms. The lowest BCUT2D eigenvalue weighted by molar-refractivity contribution is 0.237. The van der Waals surface area contributed by atoms with Crippen molar-refractivity contribution in [3.63, 3.8) is 0 Å². The molecule has 0 aliphatic carbocycles. The summed E-state index contributed by atoms with van der Waals surface area (Å²) in [4.78, 5) is 0. The predicted octanol–water partition coefficient (Wildman–Crippen LogP) is 1.27. The lowest BCUT2D eigenvalue weighted by Crippen LogP contribution is -2.23. The molecule has 1 aromatic rings. The summed E-state index contributed by atoms with van der Waals surface area (Å²) in [6.07, 6.45) is 0.758. The lowest BCUT2D eigenvalue weighted by atomic mass is 10.1. The summed E-state index contributed by atoms with van der Waals surface area (Å²) in [5.41, 5.74) is 6.19. The van der Waals surface area contributed by atoms with Crippen LogP contribution < -0.4 is 10.5 Å². The van der Waals surface area contributed by atoms with Crippen molar-refractivity contribution in [3.05, 3.63) is 29.6 Å². The van der Waals surface area contributed by atoms with Gasteiger partial charge in [0.05, 0.1) is 0 Å². The minimum atomic E-state index is -0.276. The summed E-state index contributed by atoms with van der Waals surface area (Å²) in [5.74, 6) is 0.516. The van der Waals surface area contributed by atoms with Gasteiger partial charge in [0, 0.05) is 18.4 Å². The highest BCUT2D eigenvalue weighted by atomic mass is 19.1. The summed E-state index contributed by atoms with van der Waals surface area (Å²) in [7, 11) is 0. The van der Waals surface area contributed by atoms with Crippen LogP contribution in [0.15, 0.2) is 23.4 Å². The van der Waals surface area contributed by atoms with Crippen LogP contribution in [0.1, 0.15) is 12.0 Å². The van der Waals surface area contributed by atoms with Crippen molar-refractivity contribution in [3.8, 4) is 5.75 Å². The predicted molar refractivity (Wildman–Crippen MR) is 52.5 cm³/mol. The van der Waals surface area contributed by atoms with Crippen molar-refractivity contribution in [2.45, 2.75) is 18.9 Å². The zero-order chi connectivity index (χ0) is 10.8. The number of oxime groups is 1. The number of halogens is 1. The molecule has 2 rings (SSSR count). The maximum absolute atomic E-state index is 12.9. The van der Waals surface area contributed by atoms with Gasteiger partial charge in [0.25, 0.3) is 0 Å². The van der Waals surface area contributed by atoms with E-state index in [-0.39, 0.29) is 17.8 Å². The molecule has 0 spiro atoms. The first-order valence-electron chi connectivity index (χ1n) is 4.60. The van der Waals surface area contributed by atoms with Crippen molar-refractivity contribution >= 4 is 5.84 Å². The minimum absolute atomic E-state index is 0.119. The van der Waals surface area contributed by atoms with Crippen molar-refractivity contribution in [2.24, 2.45) is 10.9 Å². The second-order valence-corrected chi connectivity index (χ2v) is 3.49. The van der Waals surface area contributed by atoms with Gasteiger partial charge in [0.1, 0.15) is 23.5 Å². The molecule has 1 heterocycles. The Bertz CT molecular complexity index is 406. The van der Waals surface area contributed by atoms with E-state index in [1.54, 1.807) is 6.07 Å². The van der Waals surface area contributed by atoms with Crippen LogP contribution in [0.3, 0.4) is 0 Å². The maximum Gasteiger partial charge on any atom is 0.142 e. The molecule has 1 aliphatic rings. The van der Waals surface area contributed by atoms with Crippen LogP contribution in [-0.4, -0.2) is 17.1 Å². The highest BCUT2D eigenvalue weighted by Crippen LogP contribution is 2.30. The van der Waals surface area contributed by atoms with Crippen molar-refractivity contribution in [2.75, 3.05) is 0 Å². The molecule has 3 N–H and O–H groups in total. The molecule has 0 aromatic heterocycles. The number of fused-ring (bicyclic) bond motifs is 1. The van der Waals surface area contributed by atoms with Gasteiger partial charge in [-0.2, -0.15) is 0 Å². The Morgan fingerprint density at radius 3 is 3.20 bits per heavy atom. The van der Waals surface area contributed by atoms with Gasteiger partial charge < -0.3 is 15.7 Å². The highest BCUT2D eigenvalue weighted by molar-refractivity contribution is 5.80. The van der Waals surface area contributed by atoms with Gasteiger partial charge in [0.2, 0.25) is 0 Å². The summed E-state index contributed by atoms with van der Waals surface area (Å²) in [6.45, 7) is 0. The Balaban J connectivity index is 2.09. The molecular weight excluding hydrogens is 199 g/mol. The van der Waals surface area contributed by atoms with E-state index in [0.29, 0.717) is 18.6 Å². The van der Waals surface area contributed by atoms with Gasteiger partial charge in [-0.25, -0.2) is 4.39 Å². The van der Waals surface area contributed by atoms with E-state index >= 15 is 0 Å². The van der Waals surface area contributed by atoms with E-state index < -0.39 is 0 Å². The van der Waals surface area contributed by atoms with Crippen LogP contribution in [0.4, 0.5) is 4.39 Å². The number of amidine groups is 1. The van der Waals surface area contributed by atoms with Gasteiger partial charge in [-0.05, 0) is 18.2 Å². The quantitative estimate of drug-likeness (QED) is 0.334. The molecule has 1 aliphatic heterocycles. The van der Waals surface area contributed by atoms with Crippen molar-refractivity contribution < 1.29 is 14.3 Å². The van der Waals surface area contributed by atoms with Crippen LogP contribution in [0.5, 0.6) is 5.75 Å². The second-order valence-electron chi connectivity index (χ2n) is 3.49. The monoisotopic (exact) mass is 210 g/mol. The largest absolute Gasteiger partial charge is 0.489 e. The zero-order valence-electron chi connectivity index (χ0n) is 7.98. The first-order valence-corrected chi connectivity index (χ1v) is 4.60. The number of benzene rings is 1. The minimum Gasteiger partial charge on any atom is -0.489 e. The molecule has 0 saturated carbocycles. The average molecular weight is 210 g/mol. The molecule has 4 nitrogen and oxygen atoms in total. The standard InChI is InChI=1S/C10H11FN2O2/c11-7-1-2-9-6(3-7)4-8(15-9)5-10(12)13-14/h1-3,8,14H,4-5H2,(H2,12,13).